The van der Waals surface area contributed by atoms with E-state index in [1.165, 1.54) is 0 Å². The molecule has 0 bridgehead atoms. The average molecular weight is 343 g/mol. The van der Waals surface area contributed by atoms with Gasteiger partial charge in [-0.25, -0.2) is 8.42 Å². The molecule has 8 nitrogen and oxygen atoms in total. The van der Waals surface area contributed by atoms with E-state index in [0.717, 1.165) is 18.6 Å². The fourth-order valence-electron chi connectivity index (χ4n) is 1.41. The van der Waals surface area contributed by atoms with Crippen molar-refractivity contribution in [1.82, 2.24) is 0 Å². The van der Waals surface area contributed by atoms with Gasteiger partial charge in [0.05, 0.1) is 14.2 Å². The number of hydrogen-bond acceptors (Lipinski definition) is 7. The van der Waals surface area contributed by atoms with Crippen molar-refractivity contribution in [3.63, 3.8) is 0 Å². The molecule has 1 aromatic heterocycles. The fraction of sp³-hybridized carbons (Fsp3) is 0.214. The Kier molecular flexibility index (Phi) is 7.26. The number of methoxy groups -OCH3 is 1. The summed E-state index contributed by atoms with van der Waals surface area (Å²) in [6, 6.07) is 11.1. The van der Waals surface area contributed by atoms with Crippen LogP contribution in [0.25, 0.3) is 0 Å². The molecule has 0 fully saturated rings. The van der Waals surface area contributed by atoms with E-state index in [-0.39, 0.29) is 0 Å². The third-order valence-corrected chi connectivity index (χ3v) is 2.85. The van der Waals surface area contributed by atoms with Crippen LogP contribution in [0.15, 0.2) is 48.8 Å². The molecule has 0 saturated heterocycles. The van der Waals surface area contributed by atoms with Crippen molar-refractivity contribution in [3.05, 3.63) is 48.8 Å². The molecule has 0 spiro atoms. The SMILES string of the molecule is COS(=O)(=O)[O-].COc1cccc(Oc2ccc[n+](OC)c2)c1. The summed E-state index contributed by atoms with van der Waals surface area (Å²) in [4.78, 5) is 5.05. The highest BCUT2D eigenvalue weighted by atomic mass is 32.3. The molecule has 0 aliphatic rings. The van der Waals surface area contributed by atoms with E-state index < -0.39 is 10.4 Å². The van der Waals surface area contributed by atoms with E-state index in [1.54, 1.807) is 31.3 Å². The van der Waals surface area contributed by atoms with E-state index in [0.29, 0.717) is 5.75 Å². The second kappa shape index (κ2) is 8.93. The Hall–Kier alpha value is -2.36. The maximum Gasteiger partial charge on any atom is 0.264 e. The van der Waals surface area contributed by atoms with Crippen molar-refractivity contribution in [3.8, 4) is 17.2 Å². The van der Waals surface area contributed by atoms with Crippen molar-refractivity contribution >= 4 is 10.4 Å². The summed E-state index contributed by atoms with van der Waals surface area (Å²) >= 11 is 0. The van der Waals surface area contributed by atoms with Crippen LogP contribution < -0.4 is 19.0 Å². The largest absolute Gasteiger partial charge is 0.726 e. The van der Waals surface area contributed by atoms with Gasteiger partial charge in [-0.2, -0.15) is 0 Å². The molecule has 1 aromatic carbocycles. The molecule has 0 aliphatic carbocycles. The van der Waals surface area contributed by atoms with Gasteiger partial charge in [0, 0.05) is 16.9 Å². The summed E-state index contributed by atoms with van der Waals surface area (Å²) < 4.78 is 43.4. The topological polar surface area (TPSA) is 98.0 Å². The zero-order valence-corrected chi connectivity index (χ0v) is 13.6. The van der Waals surface area contributed by atoms with Gasteiger partial charge in [0.25, 0.3) is 6.20 Å². The molecule has 0 atom stereocenters. The number of ether oxygens (including phenoxy) is 2. The first-order valence-corrected chi connectivity index (χ1v) is 7.60. The van der Waals surface area contributed by atoms with E-state index in [1.807, 2.05) is 36.4 Å². The summed E-state index contributed by atoms with van der Waals surface area (Å²) in [5, 5.41) is 0. The summed E-state index contributed by atoms with van der Waals surface area (Å²) in [5.74, 6) is 2.18. The molecule has 9 heteroatoms. The van der Waals surface area contributed by atoms with Gasteiger partial charge in [-0.1, -0.05) is 6.07 Å². The number of nitrogens with zero attached hydrogens (tertiary/aromatic N) is 1. The summed E-state index contributed by atoms with van der Waals surface area (Å²) in [5.41, 5.74) is 0. The van der Waals surface area contributed by atoms with Crippen LogP contribution in [0, 0.1) is 0 Å². The van der Waals surface area contributed by atoms with Crippen LogP contribution in [0.3, 0.4) is 0 Å². The maximum absolute atomic E-state index is 9.22. The first-order valence-electron chi connectivity index (χ1n) is 6.27. The lowest BCUT2D eigenvalue weighted by Crippen LogP contribution is -2.39. The molecule has 0 radical (unpaired) electrons. The van der Waals surface area contributed by atoms with Crippen molar-refractivity contribution in [2.75, 3.05) is 21.3 Å². The average Bonchev–Trinajstić information content (AvgIpc) is 2.55. The Morgan fingerprint density at radius 3 is 2.17 bits per heavy atom. The summed E-state index contributed by atoms with van der Waals surface area (Å²) in [6.45, 7) is 0. The molecule has 0 saturated carbocycles. The zero-order chi connectivity index (χ0) is 17.3. The van der Waals surface area contributed by atoms with E-state index in [2.05, 4.69) is 4.18 Å². The Bertz CT molecular complexity index is 673. The predicted octanol–water partition coefficient (Wildman–Crippen LogP) is 0.926. The lowest BCUT2D eigenvalue weighted by Gasteiger charge is -2.05. The van der Waals surface area contributed by atoms with Crippen LogP contribution in [0.1, 0.15) is 0 Å². The van der Waals surface area contributed by atoms with Gasteiger partial charge in [-0.05, 0) is 18.2 Å². The number of pyridine rings is 1. The zero-order valence-electron chi connectivity index (χ0n) is 12.8. The van der Waals surface area contributed by atoms with Crippen LogP contribution in [-0.4, -0.2) is 34.3 Å². The van der Waals surface area contributed by atoms with Gasteiger partial charge in [0.1, 0.15) is 18.6 Å². The van der Waals surface area contributed by atoms with Crippen molar-refractivity contribution < 1.29 is 36.2 Å². The first kappa shape index (κ1) is 18.7. The molecule has 126 valence electrons. The molecule has 0 unspecified atom stereocenters. The van der Waals surface area contributed by atoms with Gasteiger partial charge in [0.2, 0.25) is 16.6 Å². The molecule has 0 amide bonds. The lowest BCUT2D eigenvalue weighted by atomic mass is 10.3. The smallest absolute Gasteiger partial charge is 0.264 e. The molecule has 1 heterocycles. The highest BCUT2D eigenvalue weighted by molar-refractivity contribution is 7.80. The monoisotopic (exact) mass is 343 g/mol. The molecular weight excluding hydrogens is 326 g/mol. The normalized spacial score (nSPS) is 10.3. The second-order valence-corrected chi connectivity index (χ2v) is 5.09. The molecular formula is C14H17NO7S. The highest BCUT2D eigenvalue weighted by Gasteiger charge is 2.05. The van der Waals surface area contributed by atoms with Gasteiger partial charge in [0.15, 0.2) is 5.75 Å². The van der Waals surface area contributed by atoms with Crippen LogP contribution in [0.2, 0.25) is 0 Å². The minimum absolute atomic E-state index is 0.697. The first-order chi connectivity index (χ1) is 10.9. The van der Waals surface area contributed by atoms with E-state index in [9.17, 15) is 13.0 Å². The quantitative estimate of drug-likeness (QED) is 0.452. The third kappa shape index (κ3) is 7.45. The number of rotatable bonds is 5. The molecule has 0 N–H and O–H groups in total. The molecule has 0 aliphatic heterocycles. The molecule has 2 aromatic rings. The minimum atomic E-state index is -4.41. The van der Waals surface area contributed by atoms with E-state index in [4.69, 9.17) is 14.3 Å². The van der Waals surface area contributed by atoms with Crippen molar-refractivity contribution in [2.24, 2.45) is 0 Å². The van der Waals surface area contributed by atoms with Crippen LogP contribution in [0.5, 0.6) is 17.2 Å². The van der Waals surface area contributed by atoms with Crippen LogP contribution in [0.4, 0.5) is 0 Å². The highest BCUT2D eigenvalue weighted by Crippen LogP contribution is 2.23. The van der Waals surface area contributed by atoms with Crippen molar-refractivity contribution in [1.29, 1.82) is 0 Å². The Morgan fingerprint density at radius 2 is 1.61 bits per heavy atom. The molecule has 2 rings (SSSR count). The Morgan fingerprint density at radius 1 is 1.00 bits per heavy atom. The van der Waals surface area contributed by atoms with Crippen LogP contribution in [-0.2, 0) is 14.6 Å². The molecule has 23 heavy (non-hydrogen) atoms. The summed E-state index contributed by atoms with van der Waals surface area (Å²) in [7, 11) is -0.386. The van der Waals surface area contributed by atoms with E-state index >= 15 is 0 Å². The number of hydrogen-bond donors (Lipinski definition) is 0. The summed E-state index contributed by atoms with van der Waals surface area (Å²) in [6.07, 6.45) is 3.54. The fourth-order valence-corrected chi connectivity index (χ4v) is 1.41. The minimum Gasteiger partial charge on any atom is -0.726 e. The predicted molar refractivity (Wildman–Crippen MR) is 78.9 cm³/mol. The maximum atomic E-state index is 9.22. The standard InChI is InChI=1S/C13H14NO3.CH4O4S/c1-15-11-5-3-6-12(9-11)17-13-7-4-8-14(10-13)16-2;1-5-6(2,3)4/h3-10H,1-2H3;1H3,(H,2,3,4)/q+1;/p-1. The number of benzene rings is 1. The number of aromatic nitrogens is 1. The van der Waals surface area contributed by atoms with Gasteiger partial charge in [-0.15, -0.1) is 0 Å². The lowest BCUT2D eigenvalue weighted by molar-refractivity contribution is -0.885. The van der Waals surface area contributed by atoms with Crippen LogP contribution >= 0.6 is 0 Å². The van der Waals surface area contributed by atoms with Gasteiger partial charge in [-0.3, -0.25) is 9.02 Å². The Balaban J connectivity index is 0.000000379. The van der Waals surface area contributed by atoms with Crippen molar-refractivity contribution in [2.45, 2.75) is 0 Å². The third-order valence-electron chi connectivity index (χ3n) is 2.44. The van der Waals surface area contributed by atoms with Gasteiger partial charge >= 0.3 is 0 Å². The second-order valence-electron chi connectivity index (χ2n) is 3.94. The Labute approximate surface area is 134 Å². The van der Waals surface area contributed by atoms with Gasteiger partial charge < -0.3 is 14.0 Å².